The van der Waals surface area contributed by atoms with E-state index in [0.717, 1.165) is 11.3 Å². The molecule has 6 unspecified atom stereocenters. The van der Waals surface area contributed by atoms with Crippen LogP contribution in [0.4, 0.5) is 5.13 Å². The Morgan fingerprint density at radius 2 is 1.05 bits per heavy atom. The van der Waals surface area contributed by atoms with E-state index in [1.165, 1.54) is 22.8 Å². The number of thiazole rings is 2. The smallest absolute Gasteiger partial charge is 0.375 e. The molecular formula is C80H77N11O30S2. The number of aromatic nitrogens is 4. The van der Waals surface area contributed by atoms with E-state index < -0.39 is 214 Å². The molecule has 0 aliphatic carbocycles. The SMILES string of the molecule is Cc1nc(/C(=N/OC2(C(=O)OC(C)(C)C)CC3CCC(C2)O3)C(=O)C[C@H]2CON(C3(C(=O)OC(C)(C)C)C[C@H](N4C(=O)c5cc6c(nc5C4=O)OC(c4ccccc4)(c4ccccc4)O6)C(=O)O3)C2=O)cs1.Nc1nc(/C(=N/OC2(C(=O)O)CC3CCC(C2)O3)C(=O)C[C@H]2CON(C3(C(=O)O)C[C@H](N4C(=O)c5cc(O)c(=O)[nH]c5C4=O)C(=O)O3)C2=O)cs1. The third kappa shape index (κ3) is 15.0. The fourth-order valence-corrected chi connectivity index (χ4v) is 17.7. The van der Waals surface area contributed by atoms with Crippen LogP contribution in [0.15, 0.2) is 98.7 Å². The van der Waals surface area contributed by atoms with Crippen LogP contribution in [0.3, 0.4) is 0 Å². The van der Waals surface area contributed by atoms with Crippen molar-refractivity contribution in [2.75, 3.05) is 18.9 Å². The lowest BCUT2D eigenvalue weighted by Gasteiger charge is -2.38. The number of hydroxylamine groups is 4. The number of aliphatic carboxylic acids is 2. The summed E-state index contributed by atoms with van der Waals surface area (Å²) in [6.45, 7) is 10.5. The molecule has 41 nitrogen and oxygen atoms in total. The van der Waals surface area contributed by atoms with Crippen molar-refractivity contribution in [1.29, 1.82) is 0 Å². The molecule has 17 rings (SSSR count). The lowest BCUT2D eigenvalue weighted by Crippen LogP contribution is -2.57. The third-order valence-corrected chi connectivity index (χ3v) is 23.7. The van der Waals surface area contributed by atoms with E-state index in [1.54, 1.807) is 102 Å². The number of aromatic amines is 1. The summed E-state index contributed by atoms with van der Waals surface area (Å²) in [4.78, 5) is 242. The number of anilines is 1. The fourth-order valence-electron chi connectivity index (χ4n) is 16.5. The number of ketones is 2. The Hall–Kier alpha value is -12.8. The van der Waals surface area contributed by atoms with Crippen molar-refractivity contribution in [2.24, 2.45) is 22.1 Å². The molecule has 0 radical (unpaired) electrons. The van der Waals surface area contributed by atoms with Gasteiger partial charge in [0.2, 0.25) is 11.2 Å². The number of carboxylic acids is 2. The van der Waals surface area contributed by atoms with Crippen LogP contribution >= 0.6 is 22.7 Å². The molecule has 6 amide bonds. The lowest BCUT2D eigenvalue weighted by atomic mass is 9.90. The van der Waals surface area contributed by atoms with Gasteiger partial charge in [-0.15, -0.1) is 22.7 Å². The van der Waals surface area contributed by atoms with Crippen molar-refractivity contribution in [1.82, 2.24) is 39.9 Å². The van der Waals surface area contributed by atoms with Crippen molar-refractivity contribution < 1.29 is 140 Å². The normalized spacial score (nSPS) is 28.0. The lowest BCUT2D eigenvalue weighted by molar-refractivity contribution is -0.263. The molecule has 11 aliphatic rings. The van der Waals surface area contributed by atoms with Crippen LogP contribution in [0.25, 0.3) is 0 Å². The van der Waals surface area contributed by atoms with Gasteiger partial charge in [0.1, 0.15) is 46.1 Å². The highest BCUT2D eigenvalue weighted by Crippen LogP contribution is 2.51. The van der Waals surface area contributed by atoms with Crippen LogP contribution < -0.4 is 20.8 Å². The van der Waals surface area contributed by atoms with E-state index in [2.05, 4.69) is 25.3 Å². The topological polar surface area (TPSA) is 546 Å². The number of oxime groups is 2. The van der Waals surface area contributed by atoms with Crippen molar-refractivity contribution in [3.05, 3.63) is 144 Å². The Morgan fingerprint density at radius 3 is 1.55 bits per heavy atom. The summed E-state index contributed by atoms with van der Waals surface area (Å²) in [6, 6.07) is 16.4. The second kappa shape index (κ2) is 30.9. The number of benzene rings is 2. The number of esters is 4. The number of nitrogen functional groups attached to an aromatic ring is 1. The van der Waals surface area contributed by atoms with Crippen molar-refractivity contribution >= 4 is 122 Å². The Morgan fingerprint density at radius 1 is 0.569 bits per heavy atom. The number of carbonyl (C=O) groups excluding carboxylic acids is 12. The molecule has 6 aromatic rings. The number of carbonyl (C=O) groups is 14. The highest BCUT2D eigenvalue weighted by molar-refractivity contribution is 7.13. The van der Waals surface area contributed by atoms with Gasteiger partial charge in [-0.05, 0) is 74.1 Å². The summed E-state index contributed by atoms with van der Waals surface area (Å²) in [7, 11) is 0. The van der Waals surface area contributed by atoms with Gasteiger partial charge in [0.25, 0.3) is 46.9 Å². The molecular weight excluding hydrogens is 1660 g/mol. The number of hydrogen-bond acceptors (Lipinski definition) is 36. The number of H-pyrrole nitrogens is 1. The van der Waals surface area contributed by atoms with Crippen LogP contribution in [0.2, 0.25) is 0 Å². The molecule has 4 bridgehead atoms. The van der Waals surface area contributed by atoms with E-state index in [4.69, 9.17) is 63.0 Å². The maximum atomic E-state index is 14.5. The van der Waals surface area contributed by atoms with E-state index in [1.807, 2.05) is 17.1 Å². The maximum absolute atomic E-state index is 14.5. The first-order valence-corrected chi connectivity index (χ1v) is 40.6. The van der Waals surface area contributed by atoms with Gasteiger partial charge in [-0.25, -0.2) is 43.7 Å². The van der Waals surface area contributed by atoms with E-state index in [-0.39, 0.29) is 100 Å². The number of Topliss-reactive ketones (excluding diaryl/α,β-unsaturated/α-hetero) is 2. The van der Waals surface area contributed by atoms with E-state index in [0.29, 0.717) is 62.7 Å². The number of nitrogens with zero attached hydrogens (tertiary/aromatic N) is 9. The minimum Gasteiger partial charge on any atom is -0.503 e. The van der Waals surface area contributed by atoms with Crippen LogP contribution in [0.1, 0.15) is 188 Å². The second-order valence-corrected chi connectivity index (χ2v) is 35.0. The second-order valence-electron chi connectivity index (χ2n) is 33.0. The number of aromatic hydroxyl groups is 1. The Balaban J connectivity index is 0.000000193. The molecule has 4 aromatic heterocycles. The molecule has 0 spiro atoms. The number of ether oxygens (including phenoxy) is 8. The van der Waals surface area contributed by atoms with Gasteiger partial charge in [0.05, 0.1) is 78.4 Å². The third-order valence-electron chi connectivity index (χ3n) is 22.2. The molecule has 11 aliphatic heterocycles. The standard InChI is InChI=1S/C51H51N5O15S.C29H26N6O15S/c1-27-52-34(26-72-27)39(54-71-49(45(62)69-47(2,3)4)22-31-18-19-32(23-49)65-31)36(57)20-28-25-64-56(41(28)58)50(46(63)70-48(5,6)7)24-35(44(61)68-50)55-42(59)33-21-37-40(53-38(33)43(55)60)67-51(66-37,29-14-10-8-11-15-29)30-16-12-9-13-17-30;30-27-31-14(9-51-27)19(33-50-28(25(43)44)5-11-1-2-12(6-28)48-11)16(36)3-10-8-47-35(21(10)39)29(26(45)46)7-15(24(42)49-29)34-22(40)13-4-17(37)20(38)32-18(13)23(34)41/h8-17,21,26,28,31-32,35H,18-20,22-25H2,1-7H3;4,9-12,15,37H,1-3,5-8H2,(H2,30,31)(H,32,38)(H,43,44)(H,45,46)/b54-39-;33-19-/t28-,31?,32?,35-,49?,50?;10-,11?,12?,15-,28?,29?/m00/s1. The number of hydrogen-bond donors (Lipinski definition) is 5. The number of rotatable bonds is 22. The molecule has 0 saturated carbocycles. The Bertz CT molecular complexity index is 5530. The quantitative estimate of drug-likeness (QED) is 0.0207. The highest BCUT2D eigenvalue weighted by Gasteiger charge is 2.69. The summed E-state index contributed by atoms with van der Waals surface area (Å²) in [6.07, 6.45) is -1.61. The zero-order valence-electron chi connectivity index (χ0n) is 66.4. The zero-order chi connectivity index (χ0) is 87.7. The first-order valence-electron chi connectivity index (χ1n) is 38.9. The van der Waals surface area contributed by atoms with Crippen LogP contribution in [0.5, 0.6) is 17.4 Å². The minimum atomic E-state index is -2.90. The molecule has 10 atom stereocenters. The molecule has 8 fully saturated rings. The molecule has 8 saturated heterocycles. The Kier molecular flexibility index (Phi) is 21.1. The van der Waals surface area contributed by atoms with Gasteiger partial charge in [0, 0.05) is 72.5 Å². The number of imide groups is 2. The number of pyridine rings is 2. The van der Waals surface area contributed by atoms with Gasteiger partial charge in [-0.3, -0.25) is 62.6 Å². The average Bonchev–Trinajstić information content (AvgIpc) is 1.56. The Labute approximate surface area is 702 Å². The molecule has 2 aromatic carbocycles. The van der Waals surface area contributed by atoms with Crippen molar-refractivity contribution in [3.8, 4) is 17.4 Å². The first kappa shape index (κ1) is 83.8. The average molecular weight is 1740 g/mol. The number of fused-ring (bicyclic) bond motifs is 7. The fraction of sp³-hybridized carbons (Fsp3) is 0.450. The highest BCUT2D eigenvalue weighted by atomic mass is 32.1. The summed E-state index contributed by atoms with van der Waals surface area (Å²) in [5, 5.41) is 42.6. The van der Waals surface area contributed by atoms with Crippen molar-refractivity contribution in [3.63, 3.8) is 0 Å². The van der Waals surface area contributed by atoms with Gasteiger partial charge < -0.3 is 73.6 Å². The van der Waals surface area contributed by atoms with Crippen LogP contribution in [-0.4, -0.2) is 233 Å². The van der Waals surface area contributed by atoms with E-state index >= 15 is 0 Å². The zero-order valence-corrected chi connectivity index (χ0v) is 68.0. The molecule has 6 N–H and O–H groups in total. The number of nitrogens with one attached hydrogen (secondary N) is 1. The predicted octanol–water partition coefficient (Wildman–Crippen LogP) is 4.41. The number of amides is 6. The van der Waals surface area contributed by atoms with Gasteiger partial charge >= 0.3 is 53.1 Å². The van der Waals surface area contributed by atoms with Gasteiger partial charge in [-0.1, -0.05) is 71.0 Å². The maximum Gasteiger partial charge on any atom is 0.375 e. The van der Waals surface area contributed by atoms with E-state index in [9.17, 15) is 87.2 Å². The molecule has 644 valence electrons. The number of nitrogens with two attached hydrogens (primary N) is 1. The summed E-state index contributed by atoms with van der Waals surface area (Å²) < 4.78 is 47.0. The minimum absolute atomic E-state index is 0.0367. The predicted molar refractivity (Wildman–Crippen MR) is 410 cm³/mol. The van der Waals surface area contributed by atoms with Gasteiger partial charge in [0.15, 0.2) is 39.6 Å². The monoisotopic (exact) mass is 1740 g/mol. The number of cyclic esters (lactones) is 2. The summed E-state index contributed by atoms with van der Waals surface area (Å²) in [5.41, 5.74) is -7.50. The molecule has 15 heterocycles. The van der Waals surface area contributed by atoms with Crippen LogP contribution in [-0.2, 0) is 102 Å². The van der Waals surface area contributed by atoms with Crippen LogP contribution in [0, 0.1) is 18.8 Å². The first-order chi connectivity index (χ1) is 58.2. The van der Waals surface area contributed by atoms with Crippen molar-refractivity contribution in [2.45, 2.75) is 202 Å². The summed E-state index contributed by atoms with van der Waals surface area (Å²) in [5.74, 6) is -21.0. The largest absolute Gasteiger partial charge is 0.503 e. The summed E-state index contributed by atoms with van der Waals surface area (Å²) >= 11 is 2.18. The molecule has 43 heteroatoms. The molecule has 123 heavy (non-hydrogen) atoms. The van der Waals surface area contributed by atoms with Gasteiger partial charge in [-0.2, -0.15) is 10.1 Å². The number of aryl methyl sites for hydroxylation is 1. The number of carboxylic acid groups (broad SMARTS) is 2.